The van der Waals surface area contributed by atoms with Gasteiger partial charge in [-0.1, -0.05) is 43.5 Å². The first-order valence-corrected chi connectivity index (χ1v) is 8.13. The second kappa shape index (κ2) is 9.16. The molecule has 1 saturated carbocycles. The van der Waals surface area contributed by atoms with Crippen molar-refractivity contribution >= 4 is 17.5 Å². The first kappa shape index (κ1) is 19.8. The summed E-state index contributed by atoms with van der Waals surface area (Å²) < 4.78 is 35.6. The monoisotopic (exact) mass is 349 g/mol. The van der Waals surface area contributed by atoms with E-state index in [0.29, 0.717) is 5.92 Å². The molecule has 0 radical (unpaired) electrons. The SMILES string of the molecule is CC1CCC(CNC(=O)C(F)(F)F)CC1.Cc1cccc(Cl)c1. The Kier molecular flexibility index (Phi) is 7.89. The van der Waals surface area contributed by atoms with Crippen molar-refractivity contribution in [2.45, 2.75) is 45.7 Å². The van der Waals surface area contributed by atoms with Crippen molar-refractivity contribution in [3.8, 4) is 0 Å². The van der Waals surface area contributed by atoms with Gasteiger partial charge < -0.3 is 5.32 Å². The van der Waals surface area contributed by atoms with Gasteiger partial charge in [-0.15, -0.1) is 0 Å². The van der Waals surface area contributed by atoms with E-state index in [9.17, 15) is 18.0 Å². The standard InChI is InChI=1S/C10H16F3NO.C7H7Cl/c1-7-2-4-8(5-3-7)6-14-9(15)10(11,12)13;1-6-3-2-4-7(8)5-6/h7-8H,2-6H2,1H3,(H,14,15);2-5H,1H3. The van der Waals surface area contributed by atoms with Gasteiger partial charge in [-0.3, -0.25) is 4.79 Å². The van der Waals surface area contributed by atoms with Crippen LogP contribution >= 0.6 is 11.6 Å². The summed E-state index contributed by atoms with van der Waals surface area (Å²) in [6.45, 7) is 4.32. The Hall–Kier alpha value is -1.23. The summed E-state index contributed by atoms with van der Waals surface area (Å²) in [6.07, 6.45) is -0.820. The van der Waals surface area contributed by atoms with E-state index >= 15 is 0 Å². The fourth-order valence-corrected chi connectivity index (χ4v) is 2.72. The lowest BCUT2D eigenvalue weighted by atomic mass is 9.83. The van der Waals surface area contributed by atoms with E-state index in [1.54, 1.807) is 0 Å². The Labute approximate surface area is 140 Å². The Morgan fingerprint density at radius 3 is 2.30 bits per heavy atom. The summed E-state index contributed by atoms with van der Waals surface area (Å²) in [7, 11) is 0. The number of halogens is 4. The van der Waals surface area contributed by atoms with Crippen molar-refractivity contribution in [3.63, 3.8) is 0 Å². The summed E-state index contributed by atoms with van der Waals surface area (Å²) in [4.78, 5) is 10.5. The average Bonchev–Trinajstić information content (AvgIpc) is 2.46. The molecular formula is C17H23ClF3NO. The second-order valence-corrected chi connectivity index (χ2v) is 6.57. The number of benzene rings is 1. The lowest BCUT2D eigenvalue weighted by Gasteiger charge is -2.26. The van der Waals surface area contributed by atoms with Crippen molar-refractivity contribution in [1.82, 2.24) is 5.32 Å². The van der Waals surface area contributed by atoms with E-state index in [1.807, 2.05) is 36.5 Å². The van der Waals surface area contributed by atoms with Crippen LogP contribution in [0.25, 0.3) is 0 Å². The van der Waals surface area contributed by atoms with E-state index in [0.717, 1.165) is 30.7 Å². The number of rotatable bonds is 2. The summed E-state index contributed by atoms with van der Waals surface area (Å²) in [5.41, 5.74) is 1.21. The molecule has 0 aliphatic heterocycles. The minimum atomic E-state index is -4.75. The van der Waals surface area contributed by atoms with Gasteiger partial charge in [0.05, 0.1) is 0 Å². The minimum Gasteiger partial charge on any atom is -0.348 e. The number of alkyl halides is 3. The zero-order valence-electron chi connectivity index (χ0n) is 13.4. The maximum Gasteiger partial charge on any atom is 0.471 e. The molecule has 1 aromatic rings. The topological polar surface area (TPSA) is 29.1 Å². The Balaban J connectivity index is 0.000000277. The highest BCUT2D eigenvalue weighted by Gasteiger charge is 2.38. The summed E-state index contributed by atoms with van der Waals surface area (Å²) in [6, 6.07) is 7.76. The van der Waals surface area contributed by atoms with Crippen LogP contribution in [0.1, 0.15) is 38.2 Å². The predicted octanol–water partition coefficient (Wildman–Crippen LogP) is 5.14. The third kappa shape index (κ3) is 8.26. The second-order valence-electron chi connectivity index (χ2n) is 6.13. The molecule has 0 unspecified atom stereocenters. The normalized spacial score (nSPS) is 21.1. The molecule has 1 aliphatic carbocycles. The van der Waals surface area contributed by atoms with E-state index in [-0.39, 0.29) is 12.5 Å². The van der Waals surface area contributed by atoms with E-state index in [4.69, 9.17) is 11.6 Å². The third-order valence-electron chi connectivity index (χ3n) is 3.92. The van der Waals surface area contributed by atoms with Crippen LogP contribution in [0.3, 0.4) is 0 Å². The van der Waals surface area contributed by atoms with E-state index in [1.165, 1.54) is 5.56 Å². The first-order valence-electron chi connectivity index (χ1n) is 7.75. The van der Waals surface area contributed by atoms with Crippen LogP contribution in [0.5, 0.6) is 0 Å². The smallest absolute Gasteiger partial charge is 0.348 e. The molecule has 0 bridgehead atoms. The van der Waals surface area contributed by atoms with Gasteiger partial charge in [-0.05, 0) is 49.3 Å². The lowest BCUT2D eigenvalue weighted by Crippen LogP contribution is -2.39. The van der Waals surface area contributed by atoms with Gasteiger partial charge >= 0.3 is 12.1 Å². The van der Waals surface area contributed by atoms with Crippen molar-refractivity contribution in [2.24, 2.45) is 11.8 Å². The molecule has 1 aromatic carbocycles. The predicted molar refractivity (Wildman–Crippen MR) is 86.4 cm³/mol. The molecule has 0 atom stereocenters. The van der Waals surface area contributed by atoms with Crippen LogP contribution in [-0.2, 0) is 4.79 Å². The fourth-order valence-electron chi connectivity index (χ4n) is 2.48. The number of carbonyl (C=O) groups excluding carboxylic acids is 1. The first-order chi connectivity index (χ1) is 10.7. The highest BCUT2D eigenvalue weighted by atomic mass is 35.5. The van der Waals surface area contributed by atoms with E-state index < -0.39 is 12.1 Å². The average molecular weight is 350 g/mol. The van der Waals surface area contributed by atoms with Gasteiger partial charge in [0.15, 0.2) is 0 Å². The fraction of sp³-hybridized carbons (Fsp3) is 0.588. The summed E-state index contributed by atoms with van der Waals surface area (Å²) >= 11 is 5.64. The molecule has 1 fully saturated rings. The van der Waals surface area contributed by atoms with Crippen molar-refractivity contribution < 1.29 is 18.0 Å². The third-order valence-corrected chi connectivity index (χ3v) is 4.16. The lowest BCUT2D eigenvalue weighted by molar-refractivity contribution is -0.173. The molecule has 0 aromatic heterocycles. The molecule has 6 heteroatoms. The molecule has 2 nitrogen and oxygen atoms in total. The summed E-state index contributed by atoms with van der Waals surface area (Å²) in [5, 5.41) is 2.75. The Bertz CT molecular complexity index is 480. The highest BCUT2D eigenvalue weighted by Crippen LogP contribution is 2.27. The van der Waals surface area contributed by atoms with Gasteiger partial charge in [0, 0.05) is 11.6 Å². The van der Waals surface area contributed by atoms with Gasteiger partial charge in [0.1, 0.15) is 0 Å². The molecule has 1 aliphatic rings. The van der Waals surface area contributed by atoms with Crippen LogP contribution in [-0.4, -0.2) is 18.6 Å². The molecule has 0 spiro atoms. The van der Waals surface area contributed by atoms with Crippen LogP contribution in [0.4, 0.5) is 13.2 Å². The maximum atomic E-state index is 11.9. The molecule has 2 rings (SSSR count). The van der Waals surface area contributed by atoms with Gasteiger partial charge in [0.2, 0.25) is 0 Å². The highest BCUT2D eigenvalue weighted by molar-refractivity contribution is 6.30. The quantitative estimate of drug-likeness (QED) is 0.787. The molecule has 1 amide bonds. The zero-order chi connectivity index (χ0) is 17.5. The van der Waals surface area contributed by atoms with Crippen LogP contribution in [0, 0.1) is 18.8 Å². The molecule has 0 heterocycles. The van der Waals surface area contributed by atoms with Crippen molar-refractivity contribution in [1.29, 1.82) is 0 Å². The zero-order valence-corrected chi connectivity index (χ0v) is 14.2. The molecule has 1 N–H and O–H groups in total. The van der Waals surface area contributed by atoms with Gasteiger partial charge in [-0.25, -0.2) is 0 Å². The number of nitrogens with one attached hydrogen (secondary N) is 1. The van der Waals surface area contributed by atoms with E-state index in [2.05, 4.69) is 6.92 Å². The van der Waals surface area contributed by atoms with Crippen LogP contribution in [0.2, 0.25) is 5.02 Å². The summed E-state index contributed by atoms with van der Waals surface area (Å²) in [5.74, 6) is -0.937. The number of hydrogen-bond acceptors (Lipinski definition) is 1. The number of carbonyl (C=O) groups is 1. The number of amides is 1. The van der Waals surface area contributed by atoms with Crippen molar-refractivity contribution in [3.05, 3.63) is 34.9 Å². The number of hydrogen-bond donors (Lipinski definition) is 1. The van der Waals surface area contributed by atoms with Crippen LogP contribution in [0.15, 0.2) is 24.3 Å². The molecule has 130 valence electrons. The molecule has 23 heavy (non-hydrogen) atoms. The van der Waals surface area contributed by atoms with Crippen molar-refractivity contribution in [2.75, 3.05) is 6.54 Å². The molecule has 0 saturated heterocycles. The Morgan fingerprint density at radius 1 is 1.26 bits per heavy atom. The number of aryl methyl sites for hydroxylation is 1. The van der Waals surface area contributed by atoms with Crippen LogP contribution < -0.4 is 5.32 Å². The molecular weight excluding hydrogens is 327 g/mol. The largest absolute Gasteiger partial charge is 0.471 e. The maximum absolute atomic E-state index is 11.9. The van der Waals surface area contributed by atoms with Gasteiger partial charge in [0.25, 0.3) is 0 Å². The van der Waals surface area contributed by atoms with Gasteiger partial charge in [-0.2, -0.15) is 13.2 Å². The minimum absolute atomic E-state index is 0.158. The Morgan fingerprint density at radius 2 is 1.87 bits per heavy atom.